The van der Waals surface area contributed by atoms with Gasteiger partial charge in [0.25, 0.3) is 8.32 Å². The first kappa shape index (κ1) is 25.5. The maximum atomic E-state index is 11.8. The zero-order valence-electron chi connectivity index (χ0n) is 19.9. The van der Waals surface area contributed by atoms with Gasteiger partial charge in [-0.1, -0.05) is 113 Å². The Bertz CT molecular complexity index is 782. The van der Waals surface area contributed by atoms with Gasteiger partial charge in [0.05, 0.1) is 13.2 Å². The Hall–Kier alpha value is -1.80. The van der Waals surface area contributed by atoms with Crippen LogP contribution < -0.4 is 10.4 Å². The molecule has 0 aliphatic rings. The molecule has 0 amide bonds. The zero-order chi connectivity index (χ0) is 23.0. The second-order valence-corrected chi connectivity index (χ2v) is 20.1. The summed E-state index contributed by atoms with van der Waals surface area (Å²) in [5.41, 5.74) is 0. The van der Waals surface area contributed by atoms with Crippen LogP contribution in [0.5, 0.6) is 0 Å². The van der Waals surface area contributed by atoms with Gasteiger partial charge in [0, 0.05) is 8.07 Å². The highest BCUT2D eigenvalue weighted by atomic mass is 28.4. The quantitative estimate of drug-likeness (QED) is 0.271. The highest BCUT2D eigenvalue weighted by Crippen LogP contribution is 2.36. The van der Waals surface area contributed by atoms with Crippen LogP contribution in [0.2, 0.25) is 30.7 Å². The van der Waals surface area contributed by atoms with Gasteiger partial charge in [-0.25, -0.2) is 0 Å². The zero-order valence-corrected chi connectivity index (χ0v) is 21.9. The van der Waals surface area contributed by atoms with E-state index in [4.69, 9.17) is 9.16 Å². The summed E-state index contributed by atoms with van der Waals surface area (Å²) in [5.74, 6) is 0. The lowest BCUT2D eigenvalue weighted by atomic mass is 10.2. The predicted molar refractivity (Wildman–Crippen MR) is 137 cm³/mol. The summed E-state index contributed by atoms with van der Waals surface area (Å²) in [7, 11) is -3.77. The molecule has 0 saturated carbocycles. The Morgan fingerprint density at radius 1 is 0.871 bits per heavy atom. The Morgan fingerprint density at radius 2 is 1.39 bits per heavy atom. The molecule has 168 valence electrons. The Labute approximate surface area is 190 Å². The number of ether oxygens (including phenoxy) is 1. The van der Waals surface area contributed by atoms with Crippen LogP contribution in [0.4, 0.5) is 0 Å². The van der Waals surface area contributed by atoms with Crippen molar-refractivity contribution in [2.24, 2.45) is 0 Å². The van der Waals surface area contributed by atoms with Crippen molar-refractivity contribution in [3.63, 3.8) is 0 Å². The normalized spacial score (nSPS) is 14.0. The van der Waals surface area contributed by atoms with Crippen molar-refractivity contribution in [3.8, 4) is 0 Å². The Morgan fingerprint density at radius 3 is 1.81 bits per heavy atom. The number of aldehydes is 1. The molecule has 0 fully saturated rings. The van der Waals surface area contributed by atoms with Crippen molar-refractivity contribution in [1.82, 2.24) is 0 Å². The Balaban J connectivity index is 2.24. The first-order chi connectivity index (χ1) is 14.6. The van der Waals surface area contributed by atoms with E-state index in [1.54, 1.807) is 0 Å². The highest BCUT2D eigenvalue weighted by Gasteiger charge is 2.50. The lowest BCUT2D eigenvalue weighted by Crippen LogP contribution is -2.67. The van der Waals surface area contributed by atoms with Gasteiger partial charge in [-0.3, -0.25) is 0 Å². The minimum atomic E-state index is -2.66. The average Bonchev–Trinajstić information content (AvgIpc) is 2.72. The van der Waals surface area contributed by atoms with Crippen molar-refractivity contribution >= 4 is 33.1 Å². The van der Waals surface area contributed by atoms with Crippen LogP contribution in [0.25, 0.3) is 0 Å². The van der Waals surface area contributed by atoms with E-state index < -0.39 is 22.5 Å². The molecule has 0 heterocycles. The van der Waals surface area contributed by atoms with E-state index in [9.17, 15) is 4.79 Å². The predicted octanol–water partition coefficient (Wildman–Crippen LogP) is 5.04. The smallest absolute Gasteiger partial charge is 0.261 e. The SMILES string of the molecule is CC(C)(C)[Si](OC[C@@H](C=O)OC/C=C\C[Si](C)(C)C)(c1ccccc1)c1ccccc1. The van der Waals surface area contributed by atoms with E-state index in [1.807, 2.05) is 18.2 Å². The summed E-state index contributed by atoms with van der Waals surface area (Å²) in [4.78, 5) is 11.8. The minimum Gasteiger partial charge on any atom is -0.404 e. The molecule has 2 aromatic carbocycles. The molecule has 0 unspecified atom stereocenters. The van der Waals surface area contributed by atoms with E-state index in [2.05, 4.69) is 95.0 Å². The Kier molecular flexibility index (Phi) is 9.19. The standard InChI is InChI=1S/C26H38O3Si2/c1-26(2,3)31(24-15-9-7-10-16-24,25-17-11-8-12-18-25)29-22-23(21-27)28-19-13-14-20-30(4,5)6/h7-18,21,23H,19-20,22H2,1-6H3/b14-13-/t23-/m1/s1. The van der Waals surface area contributed by atoms with Gasteiger partial charge in [-0.05, 0) is 21.5 Å². The van der Waals surface area contributed by atoms with Crippen molar-refractivity contribution < 1.29 is 14.0 Å². The van der Waals surface area contributed by atoms with E-state index in [0.29, 0.717) is 6.61 Å². The maximum absolute atomic E-state index is 11.8. The van der Waals surface area contributed by atoms with E-state index in [-0.39, 0.29) is 11.6 Å². The summed E-state index contributed by atoms with van der Waals surface area (Å²) >= 11 is 0. The molecule has 0 aliphatic carbocycles. The molecule has 5 heteroatoms. The third-order valence-electron chi connectivity index (χ3n) is 5.34. The van der Waals surface area contributed by atoms with Crippen LogP contribution in [0, 0.1) is 0 Å². The molecule has 0 aliphatic heterocycles. The van der Waals surface area contributed by atoms with E-state index in [0.717, 1.165) is 12.3 Å². The number of hydrogen-bond acceptors (Lipinski definition) is 3. The lowest BCUT2D eigenvalue weighted by Gasteiger charge is -2.43. The van der Waals surface area contributed by atoms with Crippen molar-refractivity contribution in [3.05, 3.63) is 72.8 Å². The number of benzene rings is 2. The van der Waals surface area contributed by atoms with Crippen LogP contribution in [0.15, 0.2) is 72.8 Å². The van der Waals surface area contributed by atoms with Gasteiger partial charge in [0.1, 0.15) is 6.10 Å². The molecule has 3 nitrogen and oxygen atoms in total. The fourth-order valence-corrected chi connectivity index (χ4v) is 9.22. The van der Waals surface area contributed by atoms with Gasteiger partial charge in [0.15, 0.2) is 6.29 Å². The van der Waals surface area contributed by atoms with E-state index >= 15 is 0 Å². The molecule has 0 aromatic heterocycles. The van der Waals surface area contributed by atoms with Crippen molar-refractivity contribution in [2.45, 2.75) is 57.6 Å². The second kappa shape index (κ2) is 11.2. The molecule has 0 bridgehead atoms. The van der Waals surface area contributed by atoms with Crippen molar-refractivity contribution in [2.75, 3.05) is 13.2 Å². The summed E-state index contributed by atoms with van der Waals surface area (Å²) in [6, 6.07) is 22.0. The fraction of sp³-hybridized carbons (Fsp3) is 0.423. The number of hydrogen-bond donors (Lipinski definition) is 0. The number of carbonyl (C=O) groups is 1. The fourth-order valence-electron chi connectivity index (χ4n) is 3.78. The number of carbonyl (C=O) groups excluding carboxylic acids is 1. The topological polar surface area (TPSA) is 35.5 Å². The average molecular weight is 455 g/mol. The first-order valence-corrected chi connectivity index (χ1v) is 16.7. The second-order valence-electron chi connectivity index (χ2n) is 10.2. The first-order valence-electron chi connectivity index (χ1n) is 11.1. The van der Waals surface area contributed by atoms with Crippen LogP contribution >= 0.6 is 0 Å². The number of rotatable bonds is 11. The molecule has 1 atom stereocenters. The molecule has 31 heavy (non-hydrogen) atoms. The largest absolute Gasteiger partial charge is 0.404 e. The van der Waals surface area contributed by atoms with Crippen LogP contribution in [-0.2, 0) is 14.0 Å². The molecule has 0 saturated heterocycles. The van der Waals surface area contributed by atoms with Gasteiger partial charge in [0.2, 0.25) is 0 Å². The summed E-state index contributed by atoms with van der Waals surface area (Å²) in [5, 5.41) is 2.28. The molecular weight excluding hydrogens is 416 g/mol. The van der Waals surface area contributed by atoms with Crippen LogP contribution in [0.3, 0.4) is 0 Å². The summed E-state index contributed by atoms with van der Waals surface area (Å²) in [6.45, 7) is 14.4. The monoisotopic (exact) mass is 454 g/mol. The highest BCUT2D eigenvalue weighted by molar-refractivity contribution is 6.99. The molecule has 2 rings (SSSR count). The third-order valence-corrected chi connectivity index (χ3v) is 11.8. The number of allylic oxidation sites excluding steroid dienone is 1. The molecular formula is C26H38O3Si2. The van der Waals surface area contributed by atoms with Gasteiger partial charge < -0.3 is 14.0 Å². The molecule has 0 spiro atoms. The van der Waals surface area contributed by atoms with Gasteiger partial charge in [-0.2, -0.15) is 0 Å². The lowest BCUT2D eigenvalue weighted by molar-refractivity contribution is -0.119. The molecule has 0 radical (unpaired) electrons. The molecule has 0 N–H and O–H groups in total. The van der Waals surface area contributed by atoms with Crippen LogP contribution in [-0.4, -0.2) is 42.0 Å². The van der Waals surface area contributed by atoms with Crippen LogP contribution in [0.1, 0.15) is 20.8 Å². The van der Waals surface area contributed by atoms with Gasteiger partial charge >= 0.3 is 0 Å². The summed E-state index contributed by atoms with van der Waals surface area (Å²) in [6.07, 6.45) is 4.48. The third kappa shape index (κ3) is 7.11. The van der Waals surface area contributed by atoms with Crippen molar-refractivity contribution in [1.29, 1.82) is 0 Å². The minimum absolute atomic E-state index is 0.125. The van der Waals surface area contributed by atoms with E-state index in [1.165, 1.54) is 10.4 Å². The maximum Gasteiger partial charge on any atom is 0.261 e. The molecule has 2 aromatic rings. The van der Waals surface area contributed by atoms with Gasteiger partial charge in [-0.15, -0.1) is 0 Å². The summed E-state index contributed by atoms with van der Waals surface area (Å²) < 4.78 is 12.6.